The summed E-state index contributed by atoms with van der Waals surface area (Å²) < 4.78 is 8.14. The summed E-state index contributed by atoms with van der Waals surface area (Å²) in [6.45, 7) is 0. The van der Waals surface area contributed by atoms with E-state index in [0.717, 1.165) is 38.1 Å². The number of hydrogen-bond acceptors (Lipinski definition) is 7. The van der Waals surface area contributed by atoms with E-state index in [0.29, 0.717) is 11.4 Å². The van der Waals surface area contributed by atoms with Crippen LogP contribution in [0.3, 0.4) is 0 Å². The molecule has 4 rings (SSSR count). The predicted octanol–water partition coefficient (Wildman–Crippen LogP) is 3.75. The summed E-state index contributed by atoms with van der Waals surface area (Å²) in [5.74, 6) is 2.92. The number of ether oxygens (including phenoxy) is 1. The van der Waals surface area contributed by atoms with Crippen molar-refractivity contribution in [2.45, 2.75) is 11.5 Å². The Kier molecular flexibility index (Phi) is 5.28. The van der Waals surface area contributed by atoms with E-state index in [2.05, 4.69) is 36.5 Å². The molecule has 0 bridgehead atoms. The molecule has 1 aromatic carbocycles. The van der Waals surface area contributed by atoms with Crippen molar-refractivity contribution in [2.24, 2.45) is 0 Å². The van der Waals surface area contributed by atoms with Gasteiger partial charge in [-0.3, -0.25) is 9.20 Å². The average molecular weight is 464 g/mol. The zero-order chi connectivity index (χ0) is 18.8. The third kappa shape index (κ3) is 3.78. The number of rotatable bonds is 6. The molecule has 138 valence electrons. The molecule has 0 amide bonds. The molecule has 0 fully saturated rings. The number of aromatic nitrogens is 5. The van der Waals surface area contributed by atoms with E-state index in [-0.39, 0.29) is 5.56 Å². The Labute approximate surface area is 171 Å². The predicted molar refractivity (Wildman–Crippen MR) is 110 cm³/mol. The highest BCUT2D eigenvalue weighted by atomic mass is 79.9. The van der Waals surface area contributed by atoms with E-state index in [1.54, 1.807) is 47.0 Å². The fraction of sp³-hybridized carbons (Fsp3) is 0.176. The molecule has 3 heterocycles. The first-order chi connectivity index (χ1) is 13.2. The molecule has 0 aliphatic carbocycles. The Morgan fingerprint density at radius 3 is 3.07 bits per heavy atom. The monoisotopic (exact) mass is 463 g/mol. The standard InChI is InChI=1S/C17H14BrN5O2S2/c1-25-13-3-2-10(18)6-12(13)17-20-11(8-27-17)7-26-9-14-21-22-15-16(24)19-4-5-23(14)15/h2-6,8H,7,9H2,1H3,(H,19,24). The maximum atomic E-state index is 11.7. The number of methoxy groups -OCH3 is 1. The number of H-pyrrole nitrogens is 1. The van der Waals surface area contributed by atoms with Crippen molar-refractivity contribution in [2.75, 3.05) is 7.11 Å². The quantitative estimate of drug-likeness (QED) is 0.468. The Balaban J connectivity index is 1.46. The molecule has 0 saturated heterocycles. The lowest BCUT2D eigenvalue weighted by Crippen LogP contribution is -2.09. The number of benzene rings is 1. The minimum Gasteiger partial charge on any atom is -0.496 e. The van der Waals surface area contributed by atoms with Gasteiger partial charge in [-0.05, 0) is 18.2 Å². The van der Waals surface area contributed by atoms with E-state index < -0.39 is 0 Å². The summed E-state index contributed by atoms with van der Waals surface area (Å²) in [5.41, 5.74) is 2.03. The number of thiazole rings is 1. The minimum absolute atomic E-state index is 0.242. The molecule has 0 aliphatic rings. The molecule has 0 saturated carbocycles. The third-order valence-corrected chi connectivity index (χ3v) is 6.21. The van der Waals surface area contributed by atoms with E-state index in [4.69, 9.17) is 9.72 Å². The second-order valence-corrected chi connectivity index (χ2v) is 8.34. The fourth-order valence-electron chi connectivity index (χ4n) is 2.58. The van der Waals surface area contributed by atoms with E-state index in [9.17, 15) is 4.79 Å². The summed E-state index contributed by atoms with van der Waals surface area (Å²) in [7, 11) is 1.66. The Morgan fingerprint density at radius 1 is 1.33 bits per heavy atom. The normalized spacial score (nSPS) is 11.2. The van der Waals surface area contributed by atoms with Gasteiger partial charge in [0.1, 0.15) is 16.6 Å². The molecule has 27 heavy (non-hydrogen) atoms. The summed E-state index contributed by atoms with van der Waals surface area (Å²) in [6.07, 6.45) is 3.35. The highest BCUT2D eigenvalue weighted by molar-refractivity contribution is 9.10. The SMILES string of the molecule is COc1ccc(Br)cc1-c1nc(CSCc2nnc3c(=O)[nH]ccn23)cs1. The number of nitrogens with zero attached hydrogens (tertiary/aromatic N) is 4. The molecule has 0 spiro atoms. The van der Waals surface area contributed by atoms with Gasteiger partial charge in [0, 0.05) is 28.0 Å². The highest BCUT2D eigenvalue weighted by Crippen LogP contribution is 2.35. The Morgan fingerprint density at radius 2 is 2.22 bits per heavy atom. The number of aromatic amines is 1. The van der Waals surface area contributed by atoms with Gasteiger partial charge >= 0.3 is 0 Å². The number of thioether (sulfide) groups is 1. The van der Waals surface area contributed by atoms with Gasteiger partial charge in [0.2, 0.25) is 5.65 Å². The van der Waals surface area contributed by atoms with Gasteiger partial charge in [-0.15, -0.1) is 33.3 Å². The largest absolute Gasteiger partial charge is 0.496 e. The summed E-state index contributed by atoms with van der Waals surface area (Å²) >= 11 is 6.76. The lowest BCUT2D eigenvalue weighted by Gasteiger charge is -2.06. The molecule has 0 atom stereocenters. The van der Waals surface area contributed by atoms with Gasteiger partial charge < -0.3 is 9.72 Å². The first kappa shape index (κ1) is 18.2. The molecular formula is C17H14BrN5O2S2. The average Bonchev–Trinajstić information content (AvgIpc) is 3.30. The molecule has 4 aromatic rings. The number of fused-ring (bicyclic) bond motifs is 1. The van der Waals surface area contributed by atoms with Gasteiger partial charge in [0.05, 0.1) is 24.1 Å². The van der Waals surface area contributed by atoms with Gasteiger partial charge in [0.15, 0.2) is 0 Å². The van der Waals surface area contributed by atoms with E-state index in [1.165, 1.54) is 0 Å². The maximum Gasteiger partial charge on any atom is 0.293 e. The Bertz CT molecular complexity index is 1150. The van der Waals surface area contributed by atoms with Crippen LogP contribution in [0.25, 0.3) is 16.2 Å². The molecule has 0 aliphatic heterocycles. The van der Waals surface area contributed by atoms with Crippen LogP contribution in [0.5, 0.6) is 5.75 Å². The smallest absolute Gasteiger partial charge is 0.293 e. The van der Waals surface area contributed by atoms with Crippen LogP contribution in [-0.4, -0.2) is 31.7 Å². The van der Waals surface area contributed by atoms with E-state index in [1.807, 2.05) is 18.2 Å². The van der Waals surface area contributed by atoms with Gasteiger partial charge in [-0.25, -0.2) is 4.98 Å². The number of halogens is 1. The summed E-state index contributed by atoms with van der Waals surface area (Å²) in [5, 5.41) is 11.0. The van der Waals surface area contributed by atoms with Crippen LogP contribution in [0, 0.1) is 0 Å². The lowest BCUT2D eigenvalue weighted by atomic mass is 10.2. The second-order valence-electron chi connectivity index (χ2n) is 5.58. The van der Waals surface area contributed by atoms with Crippen LogP contribution < -0.4 is 10.3 Å². The molecule has 3 aromatic heterocycles. The van der Waals surface area contributed by atoms with Crippen LogP contribution in [0.4, 0.5) is 0 Å². The Hall–Kier alpha value is -2.17. The van der Waals surface area contributed by atoms with Crippen LogP contribution in [-0.2, 0) is 11.5 Å². The van der Waals surface area contributed by atoms with Crippen LogP contribution >= 0.6 is 39.0 Å². The van der Waals surface area contributed by atoms with Crippen molar-refractivity contribution in [3.8, 4) is 16.3 Å². The molecule has 10 heteroatoms. The zero-order valence-electron chi connectivity index (χ0n) is 14.2. The zero-order valence-corrected chi connectivity index (χ0v) is 17.4. The molecular weight excluding hydrogens is 450 g/mol. The molecule has 0 unspecified atom stereocenters. The van der Waals surface area contributed by atoms with Crippen LogP contribution in [0.2, 0.25) is 0 Å². The van der Waals surface area contributed by atoms with Crippen LogP contribution in [0.15, 0.2) is 45.2 Å². The van der Waals surface area contributed by atoms with Crippen LogP contribution in [0.1, 0.15) is 11.5 Å². The summed E-state index contributed by atoms with van der Waals surface area (Å²) in [4.78, 5) is 19.0. The second kappa shape index (κ2) is 7.83. The summed E-state index contributed by atoms with van der Waals surface area (Å²) in [6, 6.07) is 5.88. The number of nitrogens with one attached hydrogen (secondary N) is 1. The fourth-order valence-corrected chi connectivity index (χ4v) is 4.72. The molecule has 0 radical (unpaired) electrons. The topological polar surface area (TPSA) is 85.2 Å². The van der Waals surface area contributed by atoms with Crippen molar-refractivity contribution in [1.29, 1.82) is 0 Å². The van der Waals surface area contributed by atoms with Crippen molar-refractivity contribution in [3.63, 3.8) is 0 Å². The van der Waals surface area contributed by atoms with Gasteiger partial charge in [0.25, 0.3) is 5.56 Å². The van der Waals surface area contributed by atoms with E-state index >= 15 is 0 Å². The third-order valence-electron chi connectivity index (χ3n) is 3.83. The maximum absolute atomic E-state index is 11.7. The van der Waals surface area contributed by atoms with Crippen molar-refractivity contribution in [3.05, 3.63) is 62.3 Å². The first-order valence-corrected chi connectivity index (χ1v) is 10.8. The highest BCUT2D eigenvalue weighted by Gasteiger charge is 2.12. The van der Waals surface area contributed by atoms with Crippen molar-refractivity contribution in [1.82, 2.24) is 24.6 Å². The van der Waals surface area contributed by atoms with Gasteiger partial charge in [-0.1, -0.05) is 15.9 Å². The van der Waals surface area contributed by atoms with Crippen molar-refractivity contribution < 1.29 is 4.74 Å². The molecule has 7 nitrogen and oxygen atoms in total. The lowest BCUT2D eigenvalue weighted by molar-refractivity contribution is 0.416. The number of hydrogen-bond donors (Lipinski definition) is 1. The van der Waals surface area contributed by atoms with Crippen molar-refractivity contribution >= 4 is 44.7 Å². The first-order valence-electron chi connectivity index (χ1n) is 7.93. The van der Waals surface area contributed by atoms with Gasteiger partial charge in [-0.2, -0.15) is 0 Å². The molecule has 1 N–H and O–H groups in total. The minimum atomic E-state index is -0.242.